The van der Waals surface area contributed by atoms with Crippen LogP contribution in [-0.4, -0.2) is 29.8 Å². The zero-order chi connectivity index (χ0) is 19.4. The van der Waals surface area contributed by atoms with Crippen LogP contribution in [0.2, 0.25) is 0 Å². The van der Waals surface area contributed by atoms with Crippen molar-refractivity contribution in [2.24, 2.45) is 0 Å². The Morgan fingerprint density at radius 1 is 1.04 bits per heavy atom. The van der Waals surface area contributed by atoms with Crippen molar-refractivity contribution < 1.29 is 9.59 Å². The standard InChI is InChI=1S/C22H27N3O2/c1-15-8-11-17(23)14-20(15)21(26)24-18-12-9-16(10-13-18)22(27)25(2)19-6-4-3-5-7-19/h8-14,19H,3-7,23H2,1-2H3,(H,24,26). The van der Waals surface area contributed by atoms with Crippen LogP contribution in [-0.2, 0) is 0 Å². The largest absolute Gasteiger partial charge is 0.399 e. The van der Waals surface area contributed by atoms with E-state index < -0.39 is 0 Å². The molecule has 2 aromatic carbocycles. The van der Waals surface area contributed by atoms with Gasteiger partial charge in [0.15, 0.2) is 0 Å². The van der Waals surface area contributed by atoms with E-state index >= 15 is 0 Å². The van der Waals surface area contributed by atoms with E-state index in [2.05, 4.69) is 5.32 Å². The molecule has 0 spiro atoms. The van der Waals surface area contributed by atoms with Crippen molar-refractivity contribution in [1.82, 2.24) is 4.90 Å². The van der Waals surface area contributed by atoms with Gasteiger partial charge in [0, 0.05) is 35.6 Å². The second-order valence-corrected chi connectivity index (χ2v) is 7.31. The van der Waals surface area contributed by atoms with Gasteiger partial charge in [-0.2, -0.15) is 0 Å². The van der Waals surface area contributed by atoms with Crippen LogP contribution in [0.1, 0.15) is 58.4 Å². The summed E-state index contributed by atoms with van der Waals surface area (Å²) in [7, 11) is 1.89. The molecule has 0 unspecified atom stereocenters. The minimum absolute atomic E-state index is 0.0338. The van der Waals surface area contributed by atoms with Crippen LogP contribution in [0.15, 0.2) is 42.5 Å². The molecule has 2 amide bonds. The first-order valence-corrected chi connectivity index (χ1v) is 9.50. The minimum atomic E-state index is -0.210. The molecule has 2 aromatic rings. The predicted octanol–water partition coefficient (Wildman–Crippen LogP) is 4.23. The summed E-state index contributed by atoms with van der Waals surface area (Å²) in [4.78, 5) is 27.0. The van der Waals surface area contributed by atoms with E-state index in [0.717, 1.165) is 18.4 Å². The monoisotopic (exact) mass is 365 g/mol. The van der Waals surface area contributed by atoms with Gasteiger partial charge in [0.25, 0.3) is 11.8 Å². The van der Waals surface area contributed by atoms with Crippen molar-refractivity contribution in [2.45, 2.75) is 45.1 Å². The van der Waals surface area contributed by atoms with Crippen molar-refractivity contribution in [3.63, 3.8) is 0 Å². The quantitative estimate of drug-likeness (QED) is 0.796. The second kappa shape index (κ2) is 8.25. The van der Waals surface area contributed by atoms with Crippen molar-refractivity contribution in [3.8, 4) is 0 Å². The van der Waals surface area contributed by atoms with Crippen LogP contribution >= 0.6 is 0 Å². The van der Waals surface area contributed by atoms with Gasteiger partial charge in [-0.25, -0.2) is 0 Å². The Kier molecular flexibility index (Phi) is 5.79. The molecule has 0 radical (unpaired) electrons. The summed E-state index contributed by atoms with van der Waals surface area (Å²) in [6.07, 6.45) is 5.80. The van der Waals surface area contributed by atoms with Crippen LogP contribution in [0, 0.1) is 6.92 Å². The molecular formula is C22H27N3O2. The fourth-order valence-corrected chi connectivity index (χ4v) is 3.62. The van der Waals surface area contributed by atoms with E-state index in [1.165, 1.54) is 19.3 Å². The number of rotatable bonds is 4. The molecule has 5 nitrogen and oxygen atoms in total. The smallest absolute Gasteiger partial charge is 0.256 e. The first kappa shape index (κ1) is 19.0. The number of nitrogens with zero attached hydrogens (tertiary/aromatic N) is 1. The summed E-state index contributed by atoms with van der Waals surface area (Å²) in [5.74, 6) is -0.176. The Balaban J connectivity index is 1.67. The third-order valence-corrected chi connectivity index (χ3v) is 5.34. The Labute approximate surface area is 160 Å². The lowest BCUT2D eigenvalue weighted by Gasteiger charge is -2.31. The summed E-state index contributed by atoms with van der Waals surface area (Å²) >= 11 is 0. The molecule has 0 aliphatic heterocycles. The van der Waals surface area contributed by atoms with Crippen LogP contribution in [0.25, 0.3) is 0 Å². The molecule has 1 aliphatic carbocycles. The maximum Gasteiger partial charge on any atom is 0.256 e. The van der Waals surface area contributed by atoms with Gasteiger partial charge in [-0.1, -0.05) is 25.3 Å². The van der Waals surface area contributed by atoms with E-state index in [1.807, 2.05) is 24.9 Å². The van der Waals surface area contributed by atoms with Gasteiger partial charge in [0.1, 0.15) is 0 Å². The second-order valence-electron chi connectivity index (χ2n) is 7.31. The highest BCUT2D eigenvalue weighted by Gasteiger charge is 2.23. The first-order chi connectivity index (χ1) is 13.0. The van der Waals surface area contributed by atoms with E-state index in [4.69, 9.17) is 5.73 Å². The number of aryl methyl sites for hydroxylation is 1. The predicted molar refractivity (Wildman–Crippen MR) is 109 cm³/mol. The summed E-state index contributed by atoms with van der Waals surface area (Å²) < 4.78 is 0. The summed E-state index contributed by atoms with van der Waals surface area (Å²) in [5.41, 5.74) is 9.04. The molecule has 0 atom stereocenters. The number of amides is 2. The number of carbonyl (C=O) groups is 2. The number of anilines is 2. The Morgan fingerprint density at radius 3 is 2.37 bits per heavy atom. The maximum absolute atomic E-state index is 12.7. The highest BCUT2D eigenvalue weighted by atomic mass is 16.2. The van der Waals surface area contributed by atoms with Gasteiger partial charge in [-0.15, -0.1) is 0 Å². The lowest BCUT2D eigenvalue weighted by molar-refractivity contribution is 0.0696. The molecule has 5 heteroatoms. The Hall–Kier alpha value is -2.82. The number of nitrogen functional groups attached to an aromatic ring is 1. The van der Waals surface area contributed by atoms with E-state index in [9.17, 15) is 9.59 Å². The molecule has 1 saturated carbocycles. The van der Waals surface area contributed by atoms with Gasteiger partial charge in [-0.3, -0.25) is 9.59 Å². The maximum atomic E-state index is 12.7. The molecule has 0 aromatic heterocycles. The molecule has 0 heterocycles. The van der Waals surface area contributed by atoms with Gasteiger partial charge in [0.2, 0.25) is 0 Å². The average Bonchev–Trinajstić information content (AvgIpc) is 2.70. The van der Waals surface area contributed by atoms with E-state index in [1.54, 1.807) is 36.4 Å². The Bertz CT molecular complexity index is 824. The average molecular weight is 365 g/mol. The van der Waals surface area contributed by atoms with Crippen LogP contribution in [0.5, 0.6) is 0 Å². The summed E-state index contributed by atoms with van der Waals surface area (Å²) in [5, 5.41) is 2.87. The lowest BCUT2D eigenvalue weighted by atomic mass is 9.94. The Morgan fingerprint density at radius 2 is 1.70 bits per heavy atom. The number of carbonyl (C=O) groups excluding carboxylic acids is 2. The third kappa shape index (κ3) is 4.48. The molecule has 3 N–H and O–H groups in total. The summed E-state index contributed by atoms with van der Waals surface area (Å²) in [6, 6.07) is 12.7. The van der Waals surface area contributed by atoms with Crippen molar-refractivity contribution in [3.05, 3.63) is 59.2 Å². The van der Waals surface area contributed by atoms with Crippen LogP contribution in [0.3, 0.4) is 0 Å². The van der Waals surface area contributed by atoms with Crippen molar-refractivity contribution in [2.75, 3.05) is 18.1 Å². The molecule has 0 saturated heterocycles. The number of benzene rings is 2. The molecule has 27 heavy (non-hydrogen) atoms. The van der Waals surface area contributed by atoms with Crippen LogP contribution in [0.4, 0.5) is 11.4 Å². The first-order valence-electron chi connectivity index (χ1n) is 9.50. The number of hydrogen-bond donors (Lipinski definition) is 2. The minimum Gasteiger partial charge on any atom is -0.399 e. The zero-order valence-electron chi connectivity index (χ0n) is 16.0. The zero-order valence-corrected chi connectivity index (χ0v) is 16.0. The fourth-order valence-electron chi connectivity index (χ4n) is 3.62. The number of hydrogen-bond acceptors (Lipinski definition) is 3. The van der Waals surface area contributed by atoms with Gasteiger partial charge < -0.3 is 16.0 Å². The van der Waals surface area contributed by atoms with Crippen LogP contribution < -0.4 is 11.1 Å². The van der Waals surface area contributed by atoms with Crippen molar-refractivity contribution >= 4 is 23.2 Å². The molecule has 1 fully saturated rings. The van der Waals surface area contributed by atoms with Gasteiger partial charge >= 0.3 is 0 Å². The SMILES string of the molecule is Cc1ccc(N)cc1C(=O)Nc1ccc(C(=O)N(C)C2CCCCC2)cc1. The number of nitrogens with one attached hydrogen (secondary N) is 1. The fraction of sp³-hybridized carbons (Fsp3) is 0.364. The molecule has 0 bridgehead atoms. The van der Waals surface area contributed by atoms with Gasteiger partial charge in [-0.05, 0) is 61.7 Å². The molecule has 3 rings (SSSR count). The van der Waals surface area contributed by atoms with Gasteiger partial charge in [0.05, 0.1) is 0 Å². The lowest BCUT2D eigenvalue weighted by Crippen LogP contribution is -2.38. The summed E-state index contributed by atoms with van der Waals surface area (Å²) in [6.45, 7) is 1.87. The highest BCUT2D eigenvalue weighted by Crippen LogP contribution is 2.23. The third-order valence-electron chi connectivity index (χ3n) is 5.34. The number of nitrogens with two attached hydrogens (primary N) is 1. The normalized spacial score (nSPS) is 14.6. The molecular weight excluding hydrogens is 338 g/mol. The molecule has 1 aliphatic rings. The topological polar surface area (TPSA) is 75.4 Å². The van der Waals surface area contributed by atoms with Crippen molar-refractivity contribution in [1.29, 1.82) is 0 Å². The van der Waals surface area contributed by atoms with E-state index in [0.29, 0.717) is 28.5 Å². The van der Waals surface area contributed by atoms with E-state index in [-0.39, 0.29) is 11.8 Å². The molecule has 142 valence electrons. The highest BCUT2D eigenvalue weighted by molar-refractivity contribution is 6.06.